The quantitative estimate of drug-likeness (QED) is 0.804. The van der Waals surface area contributed by atoms with E-state index in [1.165, 1.54) is 5.56 Å². The van der Waals surface area contributed by atoms with Crippen molar-refractivity contribution in [3.8, 4) is 0 Å². The van der Waals surface area contributed by atoms with Gasteiger partial charge in [0.1, 0.15) is 0 Å². The molecule has 0 unspecified atom stereocenters. The minimum Gasteiger partial charge on any atom is -0.395 e. The molecule has 5 heteroatoms. The Balaban J connectivity index is 2.14. The lowest BCUT2D eigenvalue weighted by Gasteiger charge is -2.08. The lowest BCUT2D eigenvalue weighted by Crippen LogP contribution is -2.14. The number of amides is 1. The molecule has 0 aliphatic rings. The molecule has 0 saturated carbocycles. The van der Waals surface area contributed by atoms with Crippen LogP contribution in [0.5, 0.6) is 0 Å². The molecular weight excluding hydrogens is 264 g/mol. The van der Waals surface area contributed by atoms with Gasteiger partial charge < -0.3 is 11.1 Å². The molecule has 0 atom stereocenters. The second kappa shape index (κ2) is 5.99. The molecule has 0 bridgehead atoms. The molecule has 1 heterocycles. The Morgan fingerprint density at radius 3 is 2.24 bits per heavy atom. The summed E-state index contributed by atoms with van der Waals surface area (Å²) in [5, 5.41) is 9.66. The molecule has 0 spiro atoms. The predicted octanol–water partition coefficient (Wildman–Crippen LogP) is 3.49. The summed E-state index contributed by atoms with van der Waals surface area (Å²) in [5.74, 6) is 0.364. The van der Waals surface area contributed by atoms with E-state index in [1.54, 1.807) is 0 Å². The number of aromatic nitrogens is 2. The molecule has 0 aliphatic heterocycles. The van der Waals surface area contributed by atoms with Crippen molar-refractivity contribution in [3.05, 3.63) is 41.2 Å². The minimum absolute atomic E-state index is 0.198. The molecule has 1 amide bonds. The molecule has 0 radical (unpaired) electrons. The molecule has 4 N–H and O–H groups in total. The first-order chi connectivity index (χ1) is 9.90. The highest BCUT2D eigenvalue weighted by Gasteiger charge is 2.18. The number of rotatable bonds is 4. The van der Waals surface area contributed by atoms with Gasteiger partial charge >= 0.3 is 0 Å². The molecule has 0 aliphatic carbocycles. The van der Waals surface area contributed by atoms with Gasteiger partial charge in [-0.2, -0.15) is 5.10 Å². The minimum atomic E-state index is -0.298. The fourth-order valence-corrected chi connectivity index (χ4v) is 2.12. The van der Waals surface area contributed by atoms with E-state index >= 15 is 0 Å². The molecule has 2 aromatic rings. The van der Waals surface area contributed by atoms with Crippen LogP contribution in [0.4, 0.5) is 11.4 Å². The van der Waals surface area contributed by atoms with Gasteiger partial charge in [0.15, 0.2) is 5.69 Å². The largest absolute Gasteiger partial charge is 0.395 e. The van der Waals surface area contributed by atoms with Gasteiger partial charge in [-0.25, -0.2) is 0 Å². The Hall–Kier alpha value is -2.30. The van der Waals surface area contributed by atoms with Crippen LogP contribution in [0.1, 0.15) is 61.3 Å². The summed E-state index contributed by atoms with van der Waals surface area (Å²) in [4.78, 5) is 12.2. The van der Waals surface area contributed by atoms with Gasteiger partial charge in [0, 0.05) is 5.69 Å². The zero-order valence-corrected chi connectivity index (χ0v) is 12.9. The average molecular weight is 286 g/mol. The van der Waals surface area contributed by atoms with Crippen molar-refractivity contribution in [1.29, 1.82) is 0 Å². The first-order valence-corrected chi connectivity index (χ1v) is 7.15. The third-order valence-electron chi connectivity index (χ3n) is 3.46. The normalized spacial score (nSPS) is 11.1. The highest BCUT2D eigenvalue weighted by atomic mass is 16.2. The summed E-state index contributed by atoms with van der Waals surface area (Å²) in [5.41, 5.74) is 9.38. The van der Waals surface area contributed by atoms with Crippen LogP contribution in [0.15, 0.2) is 24.3 Å². The van der Waals surface area contributed by atoms with Crippen LogP contribution in [0.25, 0.3) is 0 Å². The van der Waals surface area contributed by atoms with Crippen molar-refractivity contribution >= 4 is 17.3 Å². The molecule has 2 rings (SSSR count). The smallest absolute Gasteiger partial charge is 0.278 e. The molecule has 0 saturated heterocycles. The summed E-state index contributed by atoms with van der Waals surface area (Å²) in [6.07, 6.45) is 0. The number of carbonyl (C=O) groups is 1. The van der Waals surface area contributed by atoms with Gasteiger partial charge in [-0.1, -0.05) is 39.8 Å². The van der Waals surface area contributed by atoms with Gasteiger partial charge in [0.05, 0.1) is 11.4 Å². The first kappa shape index (κ1) is 15.1. The molecule has 1 aromatic carbocycles. The second-order valence-electron chi connectivity index (χ2n) is 5.79. The third kappa shape index (κ3) is 3.24. The fraction of sp³-hybridized carbons (Fsp3) is 0.375. The number of hydrogen-bond acceptors (Lipinski definition) is 3. The number of nitrogens with zero attached hydrogens (tertiary/aromatic N) is 1. The van der Waals surface area contributed by atoms with E-state index in [9.17, 15) is 4.79 Å². The molecule has 21 heavy (non-hydrogen) atoms. The van der Waals surface area contributed by atoms with Crippen LogP contribution in [0.2, 0.25) is 0 Å². The highest BCUT2D eigenvalue weighted by Crippen LogP contribution is 2.23. The maximum Gasteiger partial charge on any atom is 0.278 e. The van der Waals surface area contributed by atoms with Crippen molar-refractivity contribution < 1.29 is 4.79 Å². The number of nitrogen functional groups attached to an aromatic ring is 1. The average Bonchev–Trinajstić information content (AvgIpc) is 2.81. The molecule has 0 fully saturated rings. The van der Waals surface area contributed by atoms with E-state index in [1.807, 2.05) is 38.1 Å². The van der Waals surface area contributed by atoms with Crippen LogP contribution >= 0.6 is 0 Å². The lowest BCUT2D eigenvalue weighted by atomic mass is 10.0. The summed E-state index contributed by atoms with van der Waals surface area (Å²) >= 11 is 0. The van der Waals surface area contributed by atoms with Crippen LogP contribution in [0.3, 0.4) is 0 Å². The number of carbonyl (C=O) groups excluding carboxylic acids is 1. The topological polar surface area (TPSA) is 83.8 Å². The van der Waals surface area contributed by atoms with Crippen molar-refractivity contribution in [1.82, 2.24) is 10.2 Å². The predicted molar refractivity (Wildman–Crippen MR) is 85.6 cm³/mol. The number of anilines is 2. The molecule has 5 nitrogen and oxygen atoms in total. The number of hydrogen-bond donors (Lipinski definition) is 3. The number of aromatic amines is 1. The fourth-order valence-electron chi connectivity index (χ4n) is 2.12. The third-order valence-corrected chi connectivity index (χ3v) is 3.46. The number of nitrogens with two attached hydrogens (primary N) is 1. The highest BCUT2D eigenvalue weighted by molar-refractivity contribution is 6.06. The summed E-state index contributed by atoms with van der Waals surface area (Å²) < 4.78 is 0. The van der Waals surface area contributed by atoms with Gasteiger partial charge in [-0.3, -0.25) is 9.89 Å². The zero-order chi connectivity index (χ0) is 15.6. The Kier molecular flexibility index (Phi) is 4.31. The van der Waals surface area contributed by atoms with E-state index in [0.717, 1.165) is 11.4 Å². The summed E-state index contributed by atoms with van der Waals surface area (Å²) in [6.45, 7) is 8.25. The van der Waals surface area contributed by atoms with Crippen molar-refractivity contribution in [2.75, 3.05) is 11.1 Å². The maximum absolute atomic E-state index is 12.2. The van der Waals surface area contributed by atoms with Gasteiger partial charge in [-0.15, -0.1) is 0 Å². The van der Waals surface area contributed by atoms with Crippen molar-refractivity contribution in [2.24, 2.45) is 0 Å². The Bertz CT molecular complexity index is 626. The summed E-state index contributed by atoms with van der Waals surface area (Å²) in [6, 6.07) is 7.79. The number of H-pyrrole nitrogens is 1. The Morgan fingerprint density at radius 1 is 1.14 bits per heavy atom. The van der Waals surface area contributed by atoms with Crippen molar-refractivity contribution in [3.63, 3.8) is 0 Å². The molecule has 112 valence electrons. The van der Waals surface area contributed by atoms with Crippen molar-refractivity contribution in [2.45, 2.75) is 39.5 Å². The zero-order valence-electron chi connectivity index (χ0n) is 12.9. The van der Waals surface area contributed by atoms with E-state index in [2.05, 4.69) is 29.4 Å². The van der Waals surface area contributed by atoms with Gasteiger partial charge in [-0.05, 0) is 29.5 Å². The first-order valence-electron chi connectivity index (χ1n) is 7.15. The van der Waals surface area contributed by atoms with Crippen LogP contribution in [-0.2, 0) is 0 Å². The van der Waals surface area contributed by atoms with E-state index in [-0.39, 0.29) is 17.5 Å². The number of benzene rings is 1. The van der Waals surface area contributed by atoms with Gasteiger partial charge in [0.25, 0.3) is 5.91 Å². The molecule has 1 aromatic heterocycles. The second-order valence-corrected chi connectivity index (χ2v) is 5.79. The Labute approximate surface area is 124 Å². The molecular formula is C16H22N4O. The lowest BCUT2D eigenvalue weighted by molar-refractivity contribution is 0.102. The van der Waals surface area contributed by atoms with E-state index in [0.29, 0.717) is 11.6 Å². The summed E-state index contributed by atoms with van der Waals surface area (Å²) in [7, 11) is 0. The maximum atomic E-state index is 12.2. The Morgan fingerprint density at radius 2 is 1.76 bits per heavy atom. The van der Waals surface area contributed by atoms with Gasteiger partial charge in [0.2, 0.25) is 0 Å². The SMILES string of the molecule is CC(C)c1ccc(NC(=O)c2n[nH]c(C(C)C)c2N)cc1. The monoisotopic (exact) mass is 286 g/mol. The number of nitrogens with one attached hydrogen (secondary N) is 2. The standard InChI is InChI=1S/C16H22N4O/c1-9(2)11-5-7-12(8-6-11)18-16(21)15-13(17)14(10(3)4)19-20-15/h5-10H,17H2,1-4H3,(H,18,21)(H,19,20). The van der Waals surface area contributed by atoms with E-state index in [4.69, 9.17) is 5.73 Å². The van der Waals surface area contributed by atoms with Crippen LogP contribution in [0, 0.1) is 0 Å². The van der Waals surface area contributed by atoms with Crippen LogP contribution < -0.4 is 11.1 Å². The van der Waals surface area contributed by atoms with Crippen LogP contribution in [-0.4, -0.2) is 16.1 Å². The van der Waals surface area contributed by atoms with E-state index < -0.39 is 0 Å².